The summed E-state index contributed by atoms with van der Waals surface area (Å²) < 4.78 is 17.3. The van der Waals surface area contributed by atoms with E-state index >= 15 is 0 Å². The Labute approximate surface area is 409 Å². The quantitative estimate of drug-likeness (QED) is 0.0281. The van der Waals surface area contributed by atoms with Crippen molar-refractivity contribution in [3.8, 4) is 0 Å². The fraction of sp³-hybridized carbons (Fsp3) is 0.576. The van der Waals surface area contributed by atoms with Gasteiger partial charge in [-0.3, -0.25) is 9.59 Å². The van der Waals surface area contributed by atoms with Gasteiger partial charge in [-0.2, -0.15) is 0 Å². The van der Waals surface area contributed by atoms with Gasteiger partial charge in [0.25, 0.3) is 0 Å². The Morgan fingerprint density at radius 3 is 1.19 bits per heavy atom. The Hall–Kier alpha value is -4.53. The number of rotatable bonds is 44. The number of carboxylic acid groups (broad SMARTS) is 1. The van der Waals surface area contributed by atoms with Gasteiger partial charge in [-0.1, -0.05) is 173 Å². The lowest BCUT2D eigenvalue weighted by molar-refractivity contribution is -0.887. The van der Waals surface area contributed by atoms with Crippen molar-refractivity contribution < 1.29 is 38.2 Å². The summed E-state index contributed by atoms with van der Waals surface area (Å²) in [6.45, 7) is 4.43. The maximum atomic E-state index is 12.8. The van der Waals surface area contributed by atoms with Crippen molar-refractivity contribution in [3.05, 3.63) is 134 Å². The highest BCUT2D eigenvalue weighted by Crippen LogP contribution is 2.12. The molecule has 0 fully saturated rings. The van der Waals surface area contributed by atoms with E-state index in [1.165, 1.54) is 12.8 Å². The molecule has 0 aliphatic carbocycles. The van der Waals surface area contributed by atoms with Crippen molar-refractivity contribution in [2.45, 2.75) is 180 Å². The number of quaternary nitrogens is 1. The highest BCUT2D eigenvalue weighted by molar-refractivity contribution is 5.72. The lowest BCUT2D eigenvalue weighted by Crippen LogP contribution is -2.50. The maximum absolute atomic E-state index is 12.8. The molecule has 0 heterocycles. The molecular formula is C59H94NO7+. The number of carbonyl (C=O) groups is 3. The zero-order valence-electron chi connectivity index (χ0n) is 42.8. The molecule has 8 nitrogen and oxygen atoms in total. The normalized spacial score (nSPS) is 14.0. The Kier molecular flexibility index (Phi) is 44.7. The van der Waals surface area contributed by atoms with E-state index in [0.29, 0.717) is 19.3 Å². The van der Waals surface area contributed by atoms with Gasteiger partial charge in [0.15, 0.2) is 12.1 Å². The molecule has 0 saturated carbocycles. The molecule has 67 heavy (non-hydrogen) atoms. The van der Waals surface area contributed by atoms with Gasteiger partial charge < -0.3 is 23.8 Å². The highest BCUT2D eigenvalue weighted by atomic mass is 16.6. The predicted octanol–water partition coefficient (Wildman–Crippen LogP) is 15.1. The standard InChI is InChI=1S/C59H93NO7/c1-6-8-10-12-14-16-18-20-22-24-26-28-30-31-33-35-37-39-41-43-45-47-49-57(61)66-54-55(53-65-52-51-56(59(63)64)60(3,4)5)67-58(62)50-48-46-44-42-40-38-36-34-32-29-27-25-23-21-19-17-15-13-11-9-7-2/h8-11,14-17,20-23,26-29,31,33-34,36,40,42,55-56H,6-7,12-13,18-19,24-25,30,32,35,37-39,41,43-54H2,1-5H3/p+1/b10-8+,11-9+,16-14+,17-15+,22-20+,23-21+,28-26+,29-27+,33-31+,36-34+,42-40+. The topological polar surface area (TPSA) is 99.1 Å². The minimum absolute atomic E-state index is 0.0284. The van der Waals surface area contributed by atoms with Crippen molar-refractivity contribution in [1.82, 2.24) is 0 Å². The van der Waals surface area contributed by atoms with Gasteiger partial charge >= 0.3 is 17.9 Å². The van der Waals surface area contributed by atoms with Crippen LogP contribution < -0.4 is 0 Å². The number of hydrogen-bond donors (Lipinski definition) is 1. The second-order valence-corrected chi connectivity index (χ2v) is 17.7. The number of carboxylic acids is 1. The number of esters is 2. The van der Waals surface area contributed by atoms with Crippen LogP contribution in [0.1, 0.15) is 168 Å². The van der Waals surface area contributed by atoms with Crippen LogP contribution in [0.2, 0.25) is 0 Å². The van der Waals surface area contributed by atoms with E-state index in [1.807, 2.05) is 21.1 Å². The smallest absolute Gasteiger partial charge is 0.362 e. The molecule has 0 aromatic rings. The molecule has 2 atom stereocenters. The molecule has 0 rings (SSSR count). The van der Waals surface area contributed by atoms with Gasteiger partial charge in [0.05, 0.1) is 34.4 Å². The SMILES string of the molecule is CC/C=C/C/C=C/C/C=C/C/C=C/C/C=C/C/C=C/CCCCC(=O)OC(COCCC(C(=O)O)[N+](C)(C)C)COC(=O)CCCCCCCC/C=C/C/C=C/C/C=C/C/C=C/C/C=C/CC. The number of aliphatic carboxylic acids is 1. The Balaban J connectivity index is 4.40. The largest absolute Gasteiger partial charge is 0.477 e. The molecule has 1 N–H and O–H groups in total. The Morgan fingerprint density at radius 2 is 0.791 bits per heavy atom. The minimum atomic E-state index is -0.890. The van der Waals surface area contributed by atoms with Crippen molar-refractivity contribution in [2.75, 3.05) is 41.0 Å². The first-order chi connectivity index (χ1) is 32.6. The molecule has 8 heteroatoms. The van der Waals surface area contributed by atoms with Crippen LogP contribution in [-0.2, 0) is 28.6 Å². The second kappa shape index (κ2) is 47.9. The average Bonchev–Trinajstić information content (AvgIpc) is 3.29. The number of carbonyl (C=O) groups excluding carboxylic acids is 2. The Morgan fingerprint density at radius 1 is 0.448 bits per heavy atom. The lowest BCUT2D eigenvalue weighted by Gasteiger charge is -2.31. The first-order valence-electron chi connectivity index (χ1n) is 25.7. The molecular weight excluding hydrogens is 835 g/mol. The summed E-state index contributed by atoms with van der Waals surface area (Å²) >= 11 is 0. The second-order valence-electron chi connectivity index (χ2n) is 17.7. The van der Waals surface area contributed by atoms with Crippen LogP contribution in [0.4, 0.5) is 0 Å². The molecule has 376 valence electrons. The summed E-state index contributed by atoms with van der Waals surface area (Å²) in [5.41, 5.74) is 0. The zero-order valence-corrected chi connectivity index (χ0v) is 42.8. The summed E-state index contributed by atoms with van der Waals surface area (Å²) in [5, 5.41) is 9.66. The van der Waals surface area contributed by atoms with E-state index in [4.69, 9.17) is 14.2 Å². The number of allylic oxidation sites excluding steroid dienone is 22. The van der Waals surface area contributed by atoms with E-state index in [-0.39, 0.29) is 42.7 Å². The van der Waals surface area contributed by atoms with Gasteiger partial charge in [0.2, 0.25) is 0 Å². The van der Waals surface area contributed by atoms with Crippen molar-refractivity contribution >= 4 is 17.9 Å². The van der Waals surface area contributed by atoms with Crippen LogP contribution in [0.3, 0.4) is 0 Å². The zero-order chi connectivity index (χ0) is 49.2. The fourth-order valence-corrected chi connectivity index (χ4v) is 6.65. The first-order valence-corrected chi connectivity index (χ1v) is 25.7. The lowest BCUT2D eigenvalue weighted by atomic mass is 10.1. The third-order valence-electron chi connectivity index (χ3n) is 10.5. The average molecular weight is 929 g/mol. The number of ether oxygens (including phenoxy) is 3. The van der Waals surface area contributed by atoms with Crippen LogP contribution in [0, 0.1) is 0 Å². The number of nitrogens with zero attached hydrogens (tertiary/aromatic N) is 1. The van der Waals surface area contributed by atoms with Crippen LogP contribution in [0.25, 0.3) is 0 Å². The number of hydrogen-bond acceptors (Lipinski definition) is 6. The molecule has 0 aliphatic rings. The molecule has 2 unspecified atom stereocenters. The third kappa shape index (κ3) is 46.4. The van der Waals surface area contributed by atoms with E-state index < -0.39 is 18.1 Å². The van der Waals surface area contributed by atoms with Crippen molar-refractivity contribution in [3.63, 3.8) is 0 Å². The summed E-state index contributed by atoms with van der Waals surface area (Å²) in [6.07, 6.45) is 69.3. The summed E-state index contributed by atoms with van der Waals surface area (Å²) in [4.78, 5) is 37.2. The van der Waals surface area contributed by atoms with Gasteiger partial charge in [-0.25, -0.2) is 4.79 Å². The molecule has 0 aliphatic heterocycles. The van der Waals surface area contributed by atoms with Crippen molar-refractivity contribution in [1.29, 1.82) is 0 Å². The third-order valence-corrected chi connectivity index (χ3v) is 10.5. The number of likely N-dealkylation sites (N-methyl/N-ethyl adjacent to an activating group) is 1. The Bertz CT molecular complexity index is 1550. The summed E-state index contributed by atoms with van der Waals surface area (Å²) in [7, 11) is 5.50. The first kappa shape index (κ1) is 62.5. The number of unbranched alkanes of at least 4 members (excludes halogenated alkanes) is 8. The van der Waals surface area contributed by atoms with Crippen LogP contribution in [-0.4, -0.2) is 80.6 Å². The predicted molar refractivity (Wildman–Crippen MR) is 284 cm³/mol. The molecule has 0 bridgehead atoms. The molecule has 0 aromatic heterocycles. The molecule has 0 aromatic carbocycles. The minimum Gasteiger partial charge on any atom is -0.477 e. The molecule has 0 saturated heterocycles. The summed E-state index contributed by atoms with van der Waals surface area (Å²) in [6, 6.07) is -0.635. The van der Waals surface area contributed by atoms with Gasteiger partial charge in [-0.15, -0.1) is 0 Å². The van der Waals surface area contributed by atoms with E-state index in [2.05, 4.69) is 148 Å². The van der Waals surface area contributed by atoms with Gasteiger partial charge in [0.1, 0.15) is 6.61 Å². The van der Waals surface area contributed by atoms with Crippen LogP contribution in [0.5, 0.6) is 0 Å². The van der Waals surface area contributed by atoms with Gasteiger partial charge in [0, 0.05) is 19.3 Å². The highest BCUT2D eigenvalue weighted by Gasteiger charge is 2.31. The van der Waals surface area contributed by atoms with E-state index in [0.717, 1.165) is 116 Å². The fourth-order valence-electron chi connectivity index (χ4n) is 6.65. The molecule has 0 spiro atoms. The van der Waals surface area contributed by atoms with E-state index in [9.17, 15) is 19.5 Å². The van der Waals surface area contributed by atoms with Crippen molar-refractivity contribution in [2.24, 2.45) is 0 Å². The molecule has 0 amide bonds. The van der Waals surface area contributed by atoms with Gasteiger partial charge in [-0.05, 0) is 109 Å². The van der Waals surface area contributed by atoms with Crippen LogP contribution >= 0.6 is 0 Å². The molecule has 0 radical (unpaired) electrons. The van der Waals surface area contributed by atoms with Crippen LogP contribution in [0.15, 0.2) is 134 Å². The maximum Gasteiger partial charge on any atom is 0.362 e. The monoisotopic (exact) mass is 929 g/mol. The summed E-state index contributed by atoms with van der Waals surface area (Å²) in [5.74, 6) is -1.56. The van der Waals surface area contributed by atoms with E-state index in [1.54, 1.807) is 0 Å².